The number of rotatable bonds is 6. The first-order valence-electron chi connectivity index (χ1n) is 10.5. The summed E-state index contributed by atoms with van der Waals surface area (Å²) in [6.07, 6.45) is 2.44. The lowest BCUT2D eigenvalue weighted by Gasteiger charge is -2.32. The van der Waals surface area contributed by atoms with Crippen molar-refractivity contribution in [3.8, 4) is 5.75 Å². The first-order chi connectivity index (χ1) is 14.8. The first kappa shape index (κ1) is 21.0. The van der Waals surface area contributed by atoms with Crippen LogP contribution >= 0.6 is 0 Å². The van der Waals surface area contributed by atoms with Crippen LogP contribution in [-0.2, 0) is 22.4 Å². The number of aromatic nitrogens is 2. The largest absolute Gasteiger partial charge is 0.488 e. The molecule has 1 aromatic carbocycles. The van der Waals surface area contributed by atoms with E-state index in [4.69, 9.17) is 13.9 Å². The SMILES string of the molecule is COC(=O)C[C@@H](c1ccc(C)o1)c1c(Cc2ccc3c(c2)CCC(C)(C)O3)[nH][nH]c1=O. The van der Waals surface area contributed by atoms with E-state index in [1.165, 1.54) is 12.7 Å². The first-order valence-corrected chi connectivity index (χ1v) is 10.5. The zero-order valence-electron chi connectivity index (χ0n) is 18.3. The molecule has 164 valence electrons. The monoisotopic (exact) mass is 424 g/mol. The Hall–Kier alpha value is -3.22. The van der Waals surface area contributed by atoms with Crippen molar-refractivity contribution in [2.45, 2.75) is 58.0 Å². The molecule has 7 heteroatoms. The molecule has 2 aromatic heterocycles. The number of methoxy groups -OCH3 is 1. The smallest absolute Gasteiger partial charge is 0.306 e. The number of H-pyrrole nitrogens is 2. The van der Waals surface area contributed by atoms with E-state index in [2.05, 4.69) is 30.1 Å². The van der Waals surface area contributed by atoms with Crippen LogP contribution in [0, 0.1) is 6.92 Å². The van der Waals surface area contributed by atoms with E-state index in [-0.39, 0.29) is 17.6 Å². The number of furan rings is 1. The van der Waals surface area contributed by atoms with E-state index in [1.54, 1.807) is 6.07 Å². The molecule has 0 fully saturated rings. The molecule has 0 radical (unpaired) electrons. The normalized spacial score (nSPS) is 15.7. The quantitative estimate of drug-likeness (QED) is 0.583. The van der Waals surface area contributed by atoms with Gasteiger partial charge in [0, 0.05) is 12.1 Å². The summed E-state index contributed by atoms with van der Waals surface area (Å²) < 4.78 is 16.7. The predicted molar refractivity (Wildman–Crippen MR) is 116 cm³/mol. The number of aromatic amines is 2. The minimum Gasteiger partial charge on any atom is -0.488 e. The molecule has 3 aromatic rings. The van der Waals surface area contributed by atoms with E-state index in [1.807, 2.05) is 25.1 Å². The Bertz CT molecular complexity index is 1150. The molecule has 0 bridgehead atoms. The molecule has 3 heterocycles. The van der Waals surface area contributed by atoms with Crippen LogP contribution in [0.4, 0.5) is 0 Å². The van der Waals surface area contributed by atoms with Gasteiger partial charge in [0.1, 0.15) is 22.9 Å². The van der Waals surface area contributed by atoms with Gasteiger partial charge in [0.05, 0.1) is 25.0 Å². The Morgan fingerprint density at radius 2 is 2.03 bits per heavy atom. The summed E-state index contributed by atoms with van der Waals surface area (Å²) in [4.78, 5) is 24.8. The minimum absolute atomic E-state index is 0.0184. The summed E-state index contributed by atoms with van der Waals surface area (Å²) in [5.74, 6) is 1.26. The molecule has 0 amide bonds. The van der Waals surface area contributed by atoms with E-state index in [9.17, 15) is 9.59 Å². The molecule has 0 spiro atoms. The molecule has 0 saturated carbocycles. The van der Waals surface area contributed by atoms with Crippen molar-refractivity contribution in [2.24, 2.45) is 0 Å². The molecule has 1 aliphatic rings. The number of carbonyl (C=O) groups excluding carboxylic acids is 1. The molecule has 4 rings (SSSR count). The third kappa shape index (κ3) is 4.45. The van der Waals surface area contributed by atoms with Gasteiger partial charge in [-0.25, -0.2) is 0 Å². The third-order valence-electron chi connectivity index (χ3n) is 5.84. The number of benzene rings is 1. The van der Waals surface area contributed by atoms with Crippen molar-refractivity contribution in [1.29, 1.82) is 0 Å². The van der Waals surface area contributed by atoms with Crippen molar-refractivity contribution in [3.05, 3.63) is 74.6 Å². The van der Waals surface area contributed by atoms with Crippen LogP contribution in [0.3, 0.4) is 0 Å². The van der Waals surface area contributed by atoms with Crippen molar-refractivity contribution >= 4 is 5.97 Å². The van der Waals surface area contributed by atoms with Crippen molar-refractivity contribution < 1.29 is 18.7 Å². The van der Waals surface area contributed by atoms with Gasteiger partial charge in [-0.05, 0) is 62.9 Å². The van der Waals surface area contributed by atoms with Gasteiger partial charge in [-0.15, -0.1) is 0 Å². The molecule has 7 nitrogen and oxygen atoms in total. The summed E-state index contributed by atoms with van der Waals surface area (Å²) >= 11 is 0. The maximum absolute atomic E-state index is 12.7. The average Bonchev–Trinajstić information content (AvgIpc) is 3.31. The van der Waals surface area contributed by atoms with Crippen LogP contribution < -0.4 is 10.3 Å². The fraction of sp³-hybridized carbons (Fsp3) is 0.417. The number of esters is 1. The molecule has 0 aliphatic carbocycles. The summed E-state index contributed by atoms with van der Waals surface area (Å²) in [7, 11) is 1.34. The van der Waals surface area contributed by atoms with Crippen LogP contribution in [0.5, 0.6) is 5.75 Å². The number of hydrogen-bond donors (Lipinski definition) is 2. The van der Waals surface area contributed by atoms with E-state index < -0.39 is 11.9 Å². The predicted octanol–water partition coefficient (Wildman–Crippen LogP) is 3.99. The van der Waals surface area contributed by atoms with Crippen molar-refractivity contribution in [2.75, 3.05) is 7.11 Å². The molecular formula is C24H28N2O5. The molecule has 1 aliphatic heterocycles. The number of aryl methyl sites for hydroxylation is 2. The Balaban J connectivity index is 1.67. The topological polar surface area (TPSA) is 97.3 Å². The highest BCUT2D eigenvalue weighted by atomic mass is 16.5. The second kappa shape index (κ2) is 8.13. The fourth-order valence-electron chi connectivity index (χ4n) is 4.17. The number of fused-ring (bicyclic) bond motifs is 1. The number of ether oxygens (including phenoxy) is 2. The van der Waals surface area contributed by atoms with Gasteiger partial charge in [0.2, 0.25) is 0 Å². The van der Waals surface area contributed by atoms with E-state index in [0.29, 0.717) is 17.7 Å². The van der Waals surface area contributed by atoms with Gasteiger partial charge in [-0.2, -0.15) is 0 Å². The Kier molecular flexibility index (Phi) is 5.52. The molecular weight excluding hydrogens is 396 g/mol. The zero-order chi connectivity index (χ0) is 22.2. The molecule has 0 saturated heterocycles. The lowest BCUT2D eigenvalue weighted by atomic mass is 9.90. The Morgan fingerprint density at radius 3 is 2.74 bits per heavy atom. The van der Waals surface area contributed by atoms with E-state index >= 15 is 0 Å². The van der Waals surface area contributed by atoms with Gasteiger partial charge in [0.25, 0.3) is 5.56 Å². The Labute approximate surface area is 180 Å². The molecule has 0 unspecified atom stereocenters. The van der Waals surface area contributed by atoms with Crippen molar-refractivity contribution in [3.63, 3.8) is 0 Å². The van der Waals surface area contributed by atoms with Gasteiger partial charge < -0.3 is 19.0 Å². The van der Waals surface area contributed by atoms with E-state index in [0.717, 1.165) is 35.6 Å². The van der Waals surface area contributed by atoms with Gasteiger partial charge in [-0.3, -0.25) is 14.7 Å². The third-order valence-corrected chi connectivity index (χ3v) is 5.84. The lowest BCUT2D eigenvalue weighted by molar-refractivity contribution is -0.140. The highest BCUT2D eigenvalue weighted by Crippen LogP contribution is 2.35. The summed E-state index contributed by atoms with van der Waals surface area (Å²) in [5.41, 5.74) is 3.03. The van der Waals surface area contributed by atoms with Crippen LogP contribution in [0.2, 0.25) is 0 Å². The van der Waals surface area contributed by atoms with Gasteiger partial charge in [0.15, 0.2) is 0 Å². The number of nitrogens with one attached hydrogen (secondary N) is 2. The standard InChI is InChI=1S/C24H28N2O5/c1-14-5-7-20(30-14)17(13-21(27)29-4)22-18(25-26-23(22)28)12-15-6-8-19-16(11-15)9-10-24(2,3)31-19/h5-8,11,17H,9-10,12-13H2,1-4H3,(H2,25,26,28)/t17-/m0/s1. The Morgan fingerprint density at radius 1 is 1.23 bits per heavy atom. The average molecular weight is 424 g/mol. The van der Waals surface area contributed by atoms with Crippen LogP contribution in [0.25, 0.3) is 0 Å². The highest BCUT2D eigenvalue weighted by Gasteiger charge is 2.29. The second-order valence-corrected chi connectivity index (χ2v) is 8.73. The van der Waals surface area contributed by atoms with Gasteiger partial charge >= 0.3 is 5.97 Å². The summed E-state index contributed by atoms with van der Waals surface area (Å²) in [6, 6.07) is 9.77. The maximum Gasteiger partial charge on any atom is 0.306 e. The van der Waals surface area contributed by atoms with Gasteiger partial charge in [-0.1, -0.05) is 12.1 Å². The molecule has 31 heavy (non-hydrogen) atoms. The van der Waals surface area contributed by atoms with Crippen LogP contribution in [0.15, 0.2) is 39.5 Å². The van der Waals surface area contributed by atoms with Crippen molar-refractivity contribution in [1.82, 2.24) is 10.2 Å². The highest BCUT2D eigenvalue weighted by molar-refractivity contribution is 5.71. The maximum atomic E-state index is 12.7. The number of carbonyl (C=O) groups is 1. The molecule has 2 N–H and O–H groups in total. The summed E-state index contributed by atoms with van der Waals surface area (Å²) in [6.45, 7) is 6.02. The molecule has 1 atom stereocenters. The summed E-state index contributed by atoms with van der Waals surface area (Å²) in [5, 5.41) is 5.68. The zero-order valence-corrected chi connectivity index (χ0v) is 18.3. The lowest BCUT2D eigenvalue weighted by Crippen LogP contribution is -2.32. The fourth-order valence-corrected chi connectivity index (χ4v) is 4.17. The second-order valence-electron chi connectivity index (χ2n) is 8.73. The minimum atomic E-state index is -0.534. The number of hydrogen-bond acceptors (Lipinski definition) is 5. The van der Waals surface area contributed by atoms with Crippen LogP contribution in [-0.4, -0.2) is 28.9 Å². The van der Waals surface area contributed by atoms with Crippen LogP contribution in [0.1, 0.15) is 66.5 Å².